The summed E-state index contributed by atoms with van der Waals surface area (Å²) in [5.74, 6) is -0.332. The minimum atomic E-state index is -0.297. The van der Waals surface area contributed by atoms with Crippen molar-refractivity contribution >= 4 is 11.9 Å². The van der Waals surface area contributed by atoms with Gasteiger partial charge in [0.05, 0.1) is 13.0 Å². The number of carbonyl (C=O) groups excluding carboxylic acids is 2. The first kappa shape index (κ1) is 16.5. The number of ether oxygens (including phenoxy) is 1. The van der Waals surface area contributed by atoms with E-state index in [1.54, 1.807) is 0 Å². The fraction of sp³-hybridized carbons (Fsp3) is 0.556. The van der Waals surface area contributed by atoms with Crippen LogP contribution in [-0.4, -0.2) is 24.5 Å². The molecule has 1 fully saturated rings. The largest absolute Gasteiger partial charge is 0.465 e. The zero-order valence-electron chi connectivity index (χ0n) is 13.1. The van der Waals surface area contributed by atoms with Crippen LogP contribution in [0.5, 0.6) is 0 Å². The summed E-state index contributed by atoms with van der Waals surface area (Å²) in [5.41, 5.74) is 1.14. The Balaban J connectivity index is 1.56. The molecule has 0 aromatic heterocycles. The highest BCUT2D eigenvalue weighted by molar-refractivity contribution is 5.81. The van der Waals surface area contributed by atoms with Crippen LogP contribution in [-0.2, 0) is 20.7 Å². The van der Waals surface area contributed by atoms with Gasteiger partial charge in [-0.3, -0.25) is 9.59 Å². The minimum absolute atomic E-state index is 0.0353. The Morgan fingerprint density at radius 3 is 2.50 bits per heavy atom. The van der Waals surface area contributed by atoms with E-state index in [0.717, 1.165) is 18.4 Å². The number of rotatable bonds is 7. The number of hydrogen-bond acceptors (Lipinski definition) is 3. The quantitative estimate of drug-likeness (QED) is 0.788. The summed E-state index contributed by atoms with van der Waals surface area (Å²) in [6.45, 7) is 0.368. The molecule has 4 nitrogen and oxygen atoms in total. The van der Waals surface area contributed by atoms with E-state index in [1.165, 1.54) is 19.3 Å². The lowest BCUT2D eigenvalue weighted by atomic mass is 9.95. The first-order valence-corrected chi connectivity index (χ1v) is 8.23. The van der Waals surface area contributed by atoms with Gasteiger partial charge in [-0.15, -0.1) is 0 Å². The minimum Gasteiger partial charge on any atom is -0.465 e. The first-order valence-electron chi connectivity index (χ1n) is 8.23. The van der Waals surface area contributed by atoms with Gasteiger partial charge in [-0.05, 0) is 18.4 Å². The fourth-order valence-corrected chi connectivity index (χ4v) is 2.76. The number of benzene rings is 1. The van der Waals surface area contributed by atoms with Gasteiger partial charge >= 0.3 is 5.97 Å². The van der Waals surface area contributed by atoms with Crippen molar-refractivity contribution in [3.63, 3.8) is 0 Å². The molecule has 0 spiro atoms. The molecule has 0 saturated heterocycles. The van der Waals surface area contributed by atoms with Gasteiger partial charge in [0, 0.05) is 18.9 Å². The van der Waals surface area contributed by atoms with Crippen molar-refractivity contribution in [3.8, 4) is 0 Å². The van der Waals surface area contributed by atoms with E-state index in [9.17, 15) is 9.59 Å². The molecule has 1 aromatic rings. The van der Waals surface area contributed by atoms with Crippen LogP contribution in [0.4, 0.5) is 0 Å². The predicted octanol–water partition coefficient (Wildman–Crippen LogP) is 3.00. The van der Waals surface area contributed by atoms with Gasteiger partial charge in [-0.1, -0.05) is 49.6 Å². The molecule has 0 unspecified atom stereocenters. The molecule has 1 N–H and O–H groups in total. The Labute approximate surface area is 132 Å². The van der Waals surface area contributed by atoms with Gasteiger partial charge < -0.3 is 10.1 Å². The molecule has 0 atom stereocenters. The van der Waals surface area contributed by atoms with E-state index < -0.39 is 0 Å². The molecule has 4 heteroatoms. The van der Waals surface area contributed by atoms with Crippen LogP contribution in [0, 0.1) is 0 Å². The van der Waals surface area contributed by atoms with Crippen molar-refractivity contribution in [3.05, 3.63) is 35.9 Å². The SMILES string of the molecule is O=C(CCC(=O)OCCc1ccccc1)NC1CCCCC1. The monoisotopic (exact) mass is 303 g/mol. The highest BCUT2D eigenvalue weighted by atomic mass is 16.5. The Bertz CT molecular complexity index is 466. The number of carbonyl (C=O) groups is 2. The molecule has 120 valence electrons. The molecule has 1 aromatic carbocycles. The van der Waals surface area contributed by atoms with Gasteiger partial charge in [-0.2, -0.15) is 0 Å². The summed E-state index contributed by atoms with van der Waals surface area (Å²) in [4.78, 5) is 23.4. The van der Waals surface area contributed by atoms with Crippen LogP contribution in [0.15, 0.2) is 30.3 Å². The lowest BCUT2D eigenvalue weighted by Crippen LogP contribution is -2.36. The molecule has 0 bridgehead atoms. The average Bonchev–Trinajstić information content (AvgIpc) is 2.55. The normalized spacial score (nSPS) is 15.3. The van der Waals surface area contributed by atoms with Crippen molar-refractivity contribution in [2.24, 2.45) is 0 Å². The highest BCUT2D eigenvalue weighted by Gasteiger charge is 2.16. The second kappa shape index (κ2) is 9.23. The standard InChI is InChI=1S/C18H25NO3/c20-17(19-16-9-5-2-6-10-16)11-12-18(21)22-14-13-15-7-3-1-4-8-15/h1,3-4,7-8,16H,2,5-6,9-14H2,(H,19,20). The summed E-state index contributed by atoms with van der Waals surface area (Å²) in [5, 5.41) is 3.01. The topological polar surface area (TPSA) is 55.4 Å². The number of hydrogen-bond donors (Lipinski definition) is 1. The van der Waals surface area contributed by atoms with E-state index in [2.05, 4.69) is 5.32 Å². The van der Waals surface area contributed by atoms with Crippen molar-refractivity contribution in [1.29, 1.82) is 0 Å². The van der Waals surface area contributed by atoms with Gasteiger partial charge in [-0.25, -0.2) is 0 Å². The van der Waals surface area contributed by atoms with Gasteiger partial charge in [0.15, 0.2) is 0 Å². The average molecular weight is 303 g/mol. The zero-order valence-corrected chi connectivity index (χ0v) is 13.1. The summed E-state index contributed by atoms with van der Waals surface area (Å²) in [6.07, 6.45) is 6.86. The molecule has 2 rings (SSSR count). The molecule has 0 radical (unpaired) electrons. The van der Waals surface area contributed by atoms with Gasteiger partial charge in [0.25, 0.3) is 0 Å². The molecule has 1 amide bonds. The van der Waals surface area contributed by atoms with Gasteiger partial charge in [0.1, 0.15) is 0 Å². The van der Waals surface area contributed by atoms with Crippen LogP contribution in [0.1, 0.15) is 50.5 Å². The Hall–Kier alpha value is -1.84. The number of nitrogens with one attached hydrogen (secondary N) is 1. The van der Waals surface area contributed by atoms with Crippen molar-refractivity contribution in [1.82, 2.24) is 5.32 Å². The molecular formula is C18H25NO3. The summed E-state index contributed by atoms with van der Waals surface area (Å²) in [6, 6.07) is 10.2. The van der Waals surface area contributed by atoms with Crippen LogP contribution in [0.25, 0.3) is 0 Å². The maximum absolute atomic E-state index is 11.8. The van der Waals surface area contributed by atoms with E-state index in [1.807, 2.05) is 30.3 Å². The predicted molar refractivity (Wildman–Crippen MR) is 85.4 cm³/mol. The van der Waals surface area contributed by atoms with E-state index in [-0.39, 0.29) is 24.7 Å². The van der Waals surface area contributed by atoms with Crippen molar-refractivity contribution in [2.75, 3.05) is 6.61 Å². The summed E-state index contributed by atoms with van der Waals surface area (Å²) in [7, 11) is 0. The van der Waals surface area contributed by atoms with E-state index in [0.29, 0.717) is 19.1 Å². The maximum Gasteiger partial charge on any atom is 0.306 e. The van der Waals surface area contributed by atoms with Crippen LogP contribution >= 0.6 is 0 Å². The lowest BCUT2D eigenvalue weighted by Gasteiger charge is -2.22. The van der Waals surface area contributed by atoms with Crippen molar-refractivity contribution < 1.29 is 14.3 Å². The summed E-state index contributed by atoms with van der Waals surface area (Å²) < 4.78 is 5.17. The van der Waals surface area contributed by atoms with Gasteiger partial charge in [0.2, 0.25) is 5.91 Å². The molecule has 22 heavy (non-hydrogen) atoms. The number of esters is 1. The van der Waals surface area contributed by atoms with Crippen LogP contribution < -0.4 is 5.32 Å². The Morgan fingerprint density at radius 1 is 1.05 bits per heavy atom. The third-order valence-electron chi connectivity index (χ3n) is 4.02. The third-order valence-corrected chi connectivity index (χ3v) is 4.02. The zero-order chi connectivity index (χ0) is 15.6. The second-order valence-corrected chi connectivity index (χ2v) is 5.86. The smallest absolute Gasteiger partial charge is 0.306 e. The Kier molecular flexibility index (Phi) is 6.94. The van der Waals surface area contributed by atoms with Crippen LogP contribution in [0.3, 0.4) is 0 Å². The molecule has 0 aliphatic heterocycles. The van der Waals surface area contributed by atoms with E-state index >= 15 is 0 Å². The van der Waals surface area contributed by atoms with Crippen molar-refractivity contribution in [2.45, 2.75) is 57.4 Å². The highest BCUT2D eigenvalue weighted by Crippen LogP contribution is 2.17. The lowest BCUT2D eigenvalue weighted by molar-refractivity contribution is -0.145. The molecule has 1 aliphatic rings. The third kappa shape index (κ3) is 6.29. The second-order valence-electron chi connectivity index (χ2n) is 5.86. The molecule has 1 aliphatic carbocycles. The molecular weight excluding hydrogens is 278 g/mol. The number of amides is 1. The maximum atomic E-state index is 11.8. The fourth-order valence-electron chi connectivity index (χ4n) is 2.76. The molecule has 0 heterocycles. The first-order chi connectivity index (χ1) is 10.7. The summed E-state index contributed by atoms with van der Waals surface area (Å²) >= 11 is 0. The van der Waals surface area contributed by atoms with Crippen LogP contribution in [0.2, 0.25) is 0 Å². The molecule has 1 saturated carbocycles. The van der Waals surface area contributed by atoms with E-state index in [4.69, 9.17) is 4.74 Å². The Morgan fingerprint density at radius 2 is 1.77 bits per heavy atom.